The summed E-state index contributed by atoms with van der Waals surface area (Å²) in [6.45, 7) is 3.60. The molecule has 4 N–H and O–H groups in total. The van der Waals surface area contributed by atoms with E-state index in [0.717, 1.165) is 27.5 Å². The van der Waals surface area contributed by atoms with Crippen LogP contribution >= 0.6 is 0 Å². The van der Waals surface area contributed by atoms with E-state index in [4.69, 9.17) is 10.5 Å². The highest BCUT2D eigenvalue weighted by Gasteiger charge is 2.47. The molecular formula is C24H27N7O3. The van der Waals surface area contributed by atoms with Crippen molar-refractivity contribution < 1.29 is 14.3 Å². The summed E-state index contributed by atoms with van der Waals surface area (Å²) in [6, 6.07) is 14.8. The van der Waals surface area contributed by atoms with Gasteiger partial charge in [-0.25, -0.2) is 4.79 Å². The van der Waals surface area contributed by atoms with E-state index in [1.165, 1.54) is 0 Å². The van der Waals surface area contributed by atoms with Gasteiger partial charge < -0.3 is 21.1 Å². The molecule has 1 aliphatic heterocycles. The van der Waals surface area contributed by atoms with Crippen molar-refractivity contribution >= 4 is 29.5 Å². The second kappa shape index (κ2) is 9.34. The lowest BCUT2D eigenvalue weighted by molar-refractivity contribution is -0.131. The number of carbonyl (C=O) groups excluding carboxylic acids is 2. The molecule has 1 saturated heterocycles. The summed E-state index contributed by atoms with van der Waals surface area (Å²) in [4.78, 5) is 39.5. The summed E-state index contributed by atoms with van der Waals surface area (Å²) in [7, 11) is 1.61. The number of nitrogens with one attached hydrogen (secondary N) is 2. The van der Waals surface area contributed by atoms with Crippen LogP contribution in [0, 0.1) is 6.92 Å². The van der Waals surface area contributed by atoms with E-state index in [1.54, 1.807) is 14.0 Å². The first-order valence-electron chi connectivity index (χ1n) is 10.9. The molecule has 1 aromatic heterocycles. The number of carbonyl (C=O) groups is 2. The van der Waals surface area contributed by atoms with Crippen molar-refractivity contribution in [1.29, 1.82) is 0 Å². The highest BCUT2D eigenvalue weighted by Crippen LogP contribution is 2.25. The van der Waals surface area contributed by atoms with Crippen LogP contribution in [-0.2, 0) is 17.8 Å². The summed E-state index contributed by atoms with van der Waals surface area (Å²) >= 11 is 0. The minimum Gasteiger partial charge on any atom is -0.497 e. The number of methoxy groups -OCH3 is 1. The molecule has 1 aliphatic rings. The largest absolute Gasteiger partial charge is 0.497 e. The number of nitrogens with zero attached hydrogens (tertiary/aromatic N) is 4. The van der Waals surface area contributed by atoms with E-state index in [9.17, 15) is 9.59 Å². The number of rotatable bonds is 8. The maximum Gasteiger partial charge on any atom is 0.325 e. The van der Waals surface area contributed by atoms with Gasteiger partial charge in [0.2, 0.25) is 11.9 Å². The number of benzene rings is 2. The molecule has 34 heavy (non-hydrogen) atoms. The zero-order chi connectivity index (χ0) is 24.3. The lowest BCUT2D eigenvalue weighted by Crippen LogP contribution is -2.44. The Bertz CT molecular complexity index is 1200. The number of aryl methyl sites for hydroxylation is 2. The van der Waals surface area contributed by atoms with E-state index >= 15 is 0 Å². The number of amides is 3. The van der Waals surface area contributed by atoms with E-state index in [-0.39, 0.29) is 30.2 Å². The molecule has 0 aliphatic carbocycles. The average Bonchev–Trinajstić information content (AvgIpc) is 3.02. The zero-order valence-corrected chi connectivity index (χ0v) is 19.3. The highest BCUT2D eigenvalue weighted by atomic mass is 16.5. The molecule has 176 valence electrons. The summed E-state index contributed by atoms with van der Waals surface area (Å²) in [5.74, 6) is 0.872. The SMILES string of the molecule is COc1ccc(CCC2(C)NC(=O)N(Cc3nc(N)nc(Nc4ccc(C)cc4)n3)C2=O)cc1. The Morgan fingerprint density at radius 1 is 1.06 bits per heavy atom. The van der Waals surface area contributed by atoms with Crippen LogP contribution in [0.4, 0.5) is 22.4 Å². The predicted octanol–water partition coefficient (Wildman–Crippen LogP) is 2.96. The Kier molecular flexibility index (Phi) is 6.31. The molecular weight excluding hydrogens is 434 g/mol. The molecule has 1 atom stereocenters. The number of imide groups is 1. The first-order valence-corrected chi connectivity index (χ1v) is 10.9. The van der Waals surface area contributed by atoms with E-state index in [1.807, 2.05) is 55.5 Å². The molecule has 10 nitrogen and oxygen atoms in total. The third kappa shape index (κ3) is 5.06. The van der Waals surface area contributed by atoms with E-state index in [0.29, 0.717) is 12.8 Å². The van der Waals surface area contributed by atoms with Crippen molar-refractivity contribution in [3.8, 4) is 5.75 Å². The smallest absolute Gasteiger partial charge is 0.325 e. The minimum absolute atomic E-state index is 0.00562. The molecule has 0 saturated carbocycles. The number of ether oxygens (including phenoxy) is 1. The van der Waals surface area contributed by atoms with Gasteiger partial charge in [-0.2, -0.15) is 15.0 Å². The number of urea groups is 1. The molecule has 0 spiro atoms. The summed E-state index contributed by atoms with van der Waals surface area (Å²) in [6.07, 6.45) is 1.06. The quantitative estimate of drug-likeness (QED) is 0.436. The number of nitrogens with two attached hydrogens (primary N) is 1. The zero-order valence-electron chi connectivity index (χ0n) is 19.3. The summed E-state index contributed by atoms with van der Waals surface area (Å²) in [5, 5.41) is 5.88. The predicted molar refractivity (Wildman–Crippen MR) is 128 cm³/mol. The van der Waals surface area contributed by atoms with Crippen molar-refractivity contribution in [2.45, 2.75) is 38.8 Å². The van der Waals surface area contributed by atoms with Crippen molar-refractivity contribution in [2.75, 3.05) is 18.2 Å². The van der Waals surface area contributed by atoms with Crippen LogP contribution in [0.25, 0.3) is 0 Å². The number of hydrogen-bond donors (Lipinski definition) is 3. The van der Waals surface area contributed by atoms with Gasteiger partial charge in [0.1, 0.15) is 11.3 Å². The fourth-order valence-corrected chi connectivity index (χ4v) is 3.72. The lowest BCUT2D eigenvalue weighted by atomic mass is 9.93. The number of hydrogen-bond acceptors (Lipinski definition) is 8. The van der Waals surface area contributed by atoms with Crippen LogP contribution in [-0.4, -0.2) is 44.4 Å². The Balaban J connectivity index is 1.45. The third-order valence-electron chi connectivity index (χ3n) is 5.72. The standard InChI is InChI=1S/C24H27N7O3/c1-15-4-8-17(9-5-15)26-22-28-19(27-21(25)29-22)14-31-20(32)24(2,30-23(31)33)13-12-16-6-10-18(34-3)11-7-16/h4-11H,12-14H2,1-3H3,(H,30,33)(H3,25,26,27,28,29). The highest BCUT2D eigenvalue weighted by molar-refractivity contribution is 6.06. The van der Waals surface area contributed by atoms with E-state index < -0.39 is 11.6 Å². The van der Waals surface area contributed by atoms with Crippen molar-refractivity contribution in [2.24, 2.45) is 0 Å². The topological polar surface area (TPSA) is 135 Å². The minimum atomic E-state index is -1.03. The van der Waals surface area contributed by atoms with E-state index in [2.05, 4.69) is 25.6 Å². The Morgan fingerprint density at radius 3 is 2.44 bits per heavy atom. The fraction of sp³-hybridized carbons (Fsp3) is 0.292. The molecule has 0 bridgehead atoms. The third-order valence-corrected chi connectivity index (χ3v) is 5.72. The van der Waals surface area contributed by atoms with Crippen molar-refractivity contribution in [1.82, 2.24) is 25.2 Å². The lowest BCUT2D eigenvalue weighted by Gasteiger charge is -2.21. The number of aromatic nitrogens is 3. The molecule has 3 amide bonds. The molecule has 3 aromatic rings. The normalized spacial score (nSPS) is 17.6. The Morgan fingerprint density at radius 2 is 1.76 bits per heavy atom. The van der Waals surface area contributed by atoms with Gasteiger partial charge in [0, 0.05) is 5.69 Å². The van der Waals surface area contributed by atoms with Crippen LogP contribution < -0.4 is 21.1 Å². The van der Waals surface area contributed by atoms with Gasteiger partial charge in [0.05, 0.1) is 13.7 Å². The molecule has 2 aromatic carbocycles. The van der Waals surface area contributed by atoms with Gasteiger partial charge in [-0.3, -0.25) is 9.69 Å². The fourth-order valence-electron chi connectivity index (χ4n) is 3.72. The van der Waals surface area contributed by atoms with Crippen molar-refractivity contribution in [3.05, 3.63) is 65.5 Å². The van der Waals surface area contributed by atoms with Gasteiger partial charge in [-0.1, -0.05) is 29.8 Å². The monoisotopic (exact) mass is 461 g/mol. The van der Waals surface area contributed by atoms with Crippen LogP contribution in [0.15, 0.2) is 48.5 Å². The number of nitrogen functional groups attached to an aromatic ring is 1. The molecule has 10 heteroatoms. The maximum absolute atomic E-state index is 13.2. The molecule has 1 fully saturated rings. The average molecular weight is 462 g/mol. The van der Waals surface area contributed by atoms with Gasteiger partial charge in [-0.15, -0.1) is 0 Å². The van der Waals surface area contributed by atoms with Crippen LogP contribution in [0.3, 0.4) is 0 Å². The molecule has 4 rings (SSSR count). The van der Waals surface area contributed by atoms with Crippen LogP contribution in [0.2, 0.25) is 0 Å². The van der Waals surface area contributed by atoms with Crippen molar-refractivity contribution in [3.63, 3.8) is 0 Å². The first-order chi connectivity index (χ1) is 16.3. The second-order valence-electron chi connectivity index (χ2n) is 8.43. The van der Waals surface area contributed by atoms with Gasteiger partial charge in [0.15, 0.2) is 5.82 Å². The summed E-state index contributed by atoms with van der Waals surface area (Å²) < 4.78 is 5.18. The molecule has 1 unspecified atom stereocenters. The van der Waals surface area contributed by atoms with Gasteiger partial charge >= 0.3 is 6.03 Å². The van der Waals surface area contributed by atoms with Crippen LogP contribution in [0.1, 0.15) is 30.3 Å². The first kappa shape index (κ1) is 23.0. The van der Waals surface area contributed by atoms with Crippen LogP contribution in [0.5, 0.6) is 5.75 Å². The number of anilines is 3. The van der Waals surface area contributed by atoms with Gasteiger partial charge in [0.25, 0.3) is 5.91 Å². The molecule has 2 heterocycles. The molecule has 0 radical (unpaired) electrons. The van der Waals surface area contributed by atoms with Gasteiger partial charge in [-0.05, 0) is 56.5 Å². The summed E-state index contributed by atoms with van der Waals surface area (Å²) in [5.41, 5.74) is 7.76. The maximum atomic E-state index is 13.2. The Labute approximate surface area is 197 Å². The second-order valence-corrected chi connectivity index (χ2v) is 8.43. The Hall–Kier alpha value is -4.21.